The molecule has 100 valence electrons. The molecule has 1 aliphatic carbocycles. The van der Waals surface area contributed by atoms with Crippen LogP contribution in [0.1, 0.15) is 63.5 Å². The van der Waals surface area contributed by atoms with E-state index in [1.807, 2.05) is 0 Å². The summed E-state index contributed by atoms with van der Waals surface area (Å²) in [6, 6.07) is 9.41. The van der Waals surface area contributed by atoms with Crippen LogP contribution in [0.2, 0.25) is 0 Å². The summed E-state index contributed by atoms with van der Waals surface area (Å²) in [5.74, 6) is 0.768. The third-order valence-corrected chi connectivity index (χ3v) is 4.49. The van der Waals surface area contributed by atoms with Crippen molar-refractivity contribution in [3.63, 3.8) is 0 Å². The van der Waals surface area contributed by atoms with Crippen molar-refractivity contribution >= 4 is 10.8 Å². The van der Waals surface area contributed by atoms with Gasteiger partial charge < -0.3 is 0 Å². The van der Waals surface area contributed by atoms with Crippen LogP contribution in [0, 0.1) is 0 Å². The number of pyridine rings is 1. The van der Waals surface area contributed by atoms with Crippen LogP contribution in [0.3, 0.4) is 0 Å². The summed E-state index contributed by atoms with van der Waals surface area (Å²) in [5, 5.41) is 2.85. The van der Waals surface area contributed by atoms with Crippen molar-refractivity contribution < 1.29 is 4.57 Å². The minimum atomic E-state index is 0.534. The summed E-state index contributed by atoms with van der Waals surface area (Å²) in [5.41, 5.74) is 1.58. The van der Waals surface area contributed by atoms with E-state index < -0.39 is 0 Å². The van der Waals surface area contributed by atoms with E-state index in [0.717, 1.165) is 5.92 Å². The highest BCUT2D eigenvalue weighted by molar-refractivity contribution is 5.84. The molecule has 1 heterocycles. The van der Waals surface area contributed by atoms with Gasteiger partial charge in [-0.25, -0.2) is 4.57 Å². The van der Waals surface area contributed by atoms with Gasteiger partial charge in [-0.15, -0.1) is 0 Å². The van der Waals surface area contributed by atoms with Crippen LogP contribution in [-0.4, -0.2) is 0 Å². The minimum Gasteiger partial charge on any atom is -0.202 e. The van der Waals surface area contributed by atoms with Crippen LogP contribution in [0.4, 0.5) is 0 Å². The fourth-order valence-electron chi connectivity index (χ4n) is 3.34. The summed E-state index contributed by atoms with van der Waals surface area (Å²) < 4.78 is 2.38. The zero-order valence-corrected chi connectivity index (χ0v) is 12.1. The molecule has 0 unspecified atom stereocenters. The van der Waals surface area contributed by atoms with Gasteiger partial charge in [-0.3, -0.25) is 0 Å². The summed E-state index contributed by atoms with van der Waals surface area (Å²) in [4.78, 5) is 0. The van der Waals surface area contributed by atoms with Crippen molar-refractivity contribution in [1.82, 2.24) is 0 Å². The van der Waals surface area contributed by atoms with Crippen molar-refractivity contribution in [2.24, 2.45) is 0 Å². The third kappa shape index (κ3) is 2.51. The second-order valence-electron chi connectivity index (χ2n) is 6.18. The van der Waals surface area contributed by atoms with Gasteiger partial charge in [0.05, 0.1) is 0 Å². The zero-order chi connectivity index (χ0) is 13.2. The van der Waals surface area contributed by atoms with Crippen LogP contribution in [0.15, 0.2) is 36.7 Å². The highest BCUT2D eigenvalue weighted by atomic mass is 15.0. The Labute approximate surface area is 116 Å². The van der Waals surface area contributed by atoms with E-state index in [-0.39, 0.29) is 0 Å². The second kappa shape index (κ2) is 5.32. The second-order valence-corrected chi connectivity index (χ2v) is 6.18. The molecule has 1 aromatic heterocycles. The Balaban J connectivity index is 2.14. The molecule has 1 heteroatoms. The lowest BCUT2D eigenvalue weighted by atomic mass is 9.83. The van der Waals surface area contributed by atoms with Crippen molar-refractivity contribution in [2.75, 3.05) is 0 Å². The Morgan fingerprint density at radius 1 is 1.00 bits per heavy atom. The van der Waals surface area contributed by atoms with Gasteiger partial charge in [0.1, 0.15) is 0 Å². The lowest BCUT2D eigenvalue weighted by Gasteiger charge is -2.22. The first-order valence-electron chi connectivity index (χ1n) is 7.69. The molecule has 19 heavy (non-hydrogen) atoms. The van der Waals surface area contributed by atoms with Crippen molar-refractivity contribution in [3.8, 4) is 0 Å². The number of benzene rings is 1. The van der Waals surface area contributed by atoms with E-state index in [4.69, 9.17) is 0 Å². The molecule has 0 N–H and O–H groups in total. The van der Waals surface area contributed by atoms with Crippen molar-refractivity contribution in [1.29, 1.82) is 0 Å². The maximum absolute atomic E-state index is 2.41. The first-order valence-corrected chi connectivity index (χ1v) is 7.69. The first kappa shape index (κ1) is 12.7. The van der Waals surface area contributed by atoms with Gasteiger partial charge in [0.25, 0.3) is 0 Å². The summed E-state index contributed by atoms with van der Waals surface area (Å²) in [6.45, 7) is 4.53. The predicted octanol–water partition coefficient (Wildman–Crippen LogP) is 4.76. The number of hydrogen-bond acceptors (Lipinski definition) is 0. The van der Waals surface area contributed by atoms with Crippen LogP contribution >= 0.6 is 0 Å². The Hall–Kier alpha value is -1.37. The normalized spacial score (nSPS) is 17.2. The van der Waals surface area contributed by atoms with Gasteiger partial charge in [-0.2, -0.15) is 0 Å². The Kier molecular flexibility index (Phi) is 3.54. The van der Waals surface area contributed by atoms with Gasteiger partial charge in [-0.05, 0) is 44.1 Å². The first-order chi connectivity index (χ1) is 9.25. The monoisotopic (exact) mass is 254 g/mol. The number of rotatable bonds is 2. The van der Waals surface area contributed by atoms with Gasteiger partial charge in [-0.1, -0.05) is 37.5 Å². The highest BCUT2D eigenvalue weighted by Gasteiger charge is 2.21. The molecule has 3 rings (SSSR count). The Morgan fingerprint density at radius 2 is 1.74 bits per heavy atom. The summed E-state index contributed by atoms with van der Waals surface area (Å²) in [7, 11) is 0. The molecular formula is C18H24N+. The molecule has 2 aromatic rings. The number of aromatic nitrogens is 1. The van der Waals surface area contributed by atoms with E-state index in [0.29, 0.717) is 6.04 Å². The average Bonchev–Trinajstić information content (AvgIpc) is 2.47. The lowest BCUT2D eigenvalue weighted by Crippen LogP contribution is -2.36. The van der Waals surface area contributed by atoms with E-state index in [1.54, 1.807) is 5.56 Å². The summed E-state index contributed by atoms with van der Waals surface area (Å²) >= 11 is 0. The molecule has 0 bridgehead atoms. The average molecular weight is 254 g/mol. The lowest BCUT2D eigenvalue weighted by molar-refractivity contribution is -0.715. The molecule has 0 spiro atoms. The maximum atomic E-state index is 2.41. The van der Waals surface area contributed by atoms with Gasteiger partial charge >= 0.3 is 0 Å². The van der Waals surface area contributed by atoms with Gasteiger partial charge in [0.15, 0.2) is 18.4 Å². The molecule has 1 fully saturated rings. The van der Waals surface area contributed by atoms with Crippen LogP contribution in [0.25, 0.3) is 10.8 Å². The minimum absolute atomic E-state index is 0.534. The third-order valence-electron chi connectivity index (χ3n) is 4.49. The Morgan fingerprint density at radius 3 is 2.47 bits per heavy atom. The van der Waals surface area contributed by atoms with E-state index in [2.05, 4.69) is 55.1 Å². The highest BCUT2D eigenvalue weighted by Crippen LogP contribution is 2.35. The molecular weight excluding hydrogens is 230 g/mol. The van der Waals surface area contributed by atoms with Crippen LogP contribution in [0.5, 0.6) is 0 Å². The standard InChI is InChI=1S/C18H24N/c1-14(2)19-12-16-10-6-7-11-17(16)18(13-19)15-8-4-3-5-9-15/h6-7,10-15H,3-5,8-9H2,1-2H3/q+1. The van der Waals surface area contributed by atoms with E-state index >= 15 is 0 Å². The molecule has 1 nitrogen and oxygen atoms in total. The molecule has 1 aliphatic rings. The molecule has 0 radical (unpaired) electrons. The van der Waals surface area contributed by atoms with E-state index in [9.17, 15) is 0 Å². The van der Waals surface area contributed by atoms with Crippen LogP contribution in [-0.2, 0) is 0 Å². The van der Waals surface area contributed by atoms with Crippen molar-refractivity contribution in [3.05, 3.63) is 42.2 Å². The number of fused-ring (bicyclic) bond motifs is 1. The fraction of sp³-hybridized carbons (Fsp3) is 0.500. The summed E-state index contributed by atoms with van der Waals surface area (Å²) in [6.07, 6.45) is 11.7. The molecule has 0 atom stereocenters. The molecule has 1 saturated carbocycles. The SMILES string of the molecule is CC(C)[n+]1cc(C2CCCCC2)c2ccccc2c1. The zero-order valence-electron chi connectivity index (χ0n) is 12.1. The Bertz CT molecular complexity index is 565. The fourth-order valence-corrected chi connectivity index (χ4v) is 3.34. The maximum Gasteiger partial charge on any atom is 0.176 e. The largest absolute Gasteiger partial charge is 0.202 e. The van der Waals surface area contributed by atoms with Crippen molar-refractivity contribution in [2.45, 2.75) is 57.9 Å². The topological polar surface area (TPSA) is 3.88 Å². The molecule has 0 saturated heterocycles. The predicted molar refractivity (Wildman–Crippen MR) is 80.4 cm³/mol. The molecule has 1 aromatic carbocycles. The molecule has 0 aliphatic heterocycles. The van der Waals surface area contributed by atoms with E-state index in [1.165, 1.54) is 42.9 Å². The quantitative estimate of drug-likeness (QED) is 0.681. The smallest absolute Gasteiger partial charge is 0.176 e. The van der Waals surface area contributed by atoms with Gasteiger partial charge in [0, 0.05) is 10.9 Å². The van der Waals surface area contributed by atoms with Crippen LogP contribution < -0.4 is 4.57 Å². The molecule has 0 amide bonds. The van der Waals surface area contributed by atoms with Gasteiger partial charge in [0.2, 0.25) is 0 Å². The number of nitrogens with zero attached hydrogens (tertiary/aromatic N) is 1. The number of hydrogen-bond donors (Lipinski definition) is 0.